The van der Waals surface area contributed by atoms with E-state index in [1.54, 1.807) is 0 Å². The molecule has 1 aliphatic heterocycles. The highest BCUT2D eigenvalue weighted by atomic mass is 16.5. The zero-order valence-corrected chi connectivity index (χ0v) is 19.7. The van der Waals surface area contributed by atoms with Crippen LogP contribution in [0, 0.1) is 5.92 Å². The molecule has 0 spiro atoms. The molecule has 1 aliphatic rings. The van der Waals surface area contributed by atoms with E-state index in [9.17, 15) is 0 Å². The lowest BCUT2D eigenvalue weighted by atomic mass is 9.95. The van der Waals surface area contributed by atoms with Gasteiger partial charge in [0.25, 0.3) is 0 Å². The van der Waals surface area contributed by atoms with Crippen LogP contribution in [0.1, 0.15) is 31.6 Å². The van der Waals surface area contributed by atoms with E-state index in [-0.39, 0.29) is 0 Å². The first-order valence-electron chi connectivity index (χ1n) is 11.9. The fourth-order valence-corrected chi connectivity index (χ4v) is 4.29. The summed E-state index contributed by atoms with van der Waals surface area (Å²) in [6.45, 7) is 5.27. The van der Waals surface area contributed by atoms with Gasteiger partial charge in [-0.1, -0.05) is 97.9 Å². The number of allylic oxidation sites excluding steroid dienone is 2. The maximum Gasteiger partial charge on any atom is 0.187 e. The van der Waals surface area contributed by atoms with Gasteiger partial charge in [-0.15, -0.1) is 0 Å². The van der Waals surface area contributed by atoms with Crippen LogP contribution >= 0.6 is 0 Å². The van der Waals surface area contributed by atoms with Crippen LogP contribution in [0.4, 0.5) is 0 Å². The van der Waals surface area contributed by atoms with Gasteiger partial charge in [0.05, 0.1) is 5.70 Å². The molecule has 0 saturated carbocycles. The molecule has 2 heterocycles. The van der Waals surface area contributed by atoms with Gasteiger partial charge < -0.3 is 9.84 Å². The van der Waals surface area contributed by atoms with Gasteiger partial charge in [0, 0.05) is 30.8 Å². The number of nitrogens with one attached hydrogen (secondary N) is 1. The highest BCUT2D eigenvalue weighted by Gasteiger charge is 2.20. The molecule has 3 aromatic carbocycles. The molecule has 0 atom stereocenters. The van der Waals surface area contributed by atoms with Crippen molar-refractivity contribution in [2.24, 2.45) is 10.9 Å². The van der Waals surface area contributed by atoms with Crippen LogP contribution in [-0.2, 0) is 6.42 Å². The summed E-state index contributed by atoms with van der Waals surface area (Å²) in [7, 11) is 0. The molecule has 0 bridgehead atoms. The van der Waals surface area contributed by atoms with Gasteiger partial charge in [-0.2, -0.15) is 0 Å². The first kappa shape index (κ1) is 21.9. The Bertz CT molecular complexity index is 1370. The Morgan fingerprint density at radius 2 is 1.74 bits per heavy atom. The third-order valence-electron chi connectivity index (χ3n) is 6.01. The summed E-state index contributed by atoms with van der Waals surface area (Å²) < 4.78 is 5.83. The summed E-state index contributed by atoms with van der Waals surface area (Å²) in [6.07, 6.45) is 5.81. The number of hydrogen-bond donors (Lipinski definition) is 1. The quantitative estimate of drug-likeness (QED) is 0.330. The number of hydrogen-bond acceptors (Lipinski definition) is 4. The van der Waals surface area contributed by atoms with Crippen molar-refractivity contribution in [1.82, 2.24) is 10.5 Å². The standard InChI is InChI=1S/C30H29N3O/c1-21(2)20-32-29-25(18-24-14-8-13-22-10-6-7-16-26(22)24)15-9-17-31-30(29)28-19-27(33-34-28)23-11-4-3-5-12-23/h3-8,10-17,19,21,32H,9,18,20H2,1-2H3. The maximum atomic E-state index is 5.83. The van der Waals surface area contributed by atoms with Crippen molar-refractivity contribution in [2.45, 2.75) is 26.7 Å². The minimum atomic E-state index is 0.495. The molecule has 1 aromatic heterocycles. The predicted octanol–water partition coefficient (Wildman–Crippen LogP) is 7.05. The Labute approximate surface area is 200 Å². The number of aromatic nitrogens is 1. The summed E-state index contributed by atoms with van der Waals surface area (Å²) in [5, 5.41) is 10.6. The van der Waals surface area contributed by atoms with Crippen LogP contribution in [0.3, 0.4) is 0 Å². The van der Waals surface area contributed by atoms with Crippen LogP contribution in [-0.4, -0.2) is 17.9 Å². The highest BCUT2D eigenvalue weighted by Crippen LogP contribution is 2.32. The number of benzene rings is 3. The molecule has 4 aromatic rings. The Morgan fingerprint density at radius 1 is 0.941 bits per heavy atom. The molecule has 0 fully saturated rings. The van der Waals surface area contributed by atoms with E-state index in [2.05, 4.69) is 72.9 Å². The maximum absolute atomic E-state index is 5.83. The summed E-state index contributed by atoms with van der Waals surface area (Å²) in [4.78, 5) is 4.82. The molecule has 170 valence electrons. The fourth-order valence-electron chi connectivity index (χ4n) is 4.29. The first-order valence-corrected chi connectivity index (χ1v) is 11.9. The Morgan fingerprint density at radius 3 is 2.59 bits per heavy atom. The van der Waals surface area contributed by atoms with Crippen molar-refractivity contribution in [1.29, 1.82) is 0 Å². The Hall–Kier alpha value is -3.92. The van der Waals surface area contributed by atoms with Crippen LogP contribution in [0.5, 0.6) is 0 Å². The second-order valence-electron chi connectivity index (χ2n) is 9.03. The molecule has 1 N–H and O–H groups in total. The molecule has 0 saturated heterocycles. The first-order chi connectivity index (χ1) is 16.7. The van der Waals surface area contributed by atoms with Gasteiger partial charge in [0.15, 0.2) is 5.76 Å². The van der Waals surface area contributed by atoms with Crippen molar-refractivity contribution in [3.63, 3.8) is 0 Å². The van der Waals surface area contributed by atoms with Gasteiger partial charge in [0.1, 0.15) is 11.4 Å². The van der Waals surface area contributed by atoms with Crippen molar-refractivity contribution < 1.29 is 4.52 Å². The minimum Gasteiger partial charge on any atom is -0.383 e. The second-order valence-corrected chi connectivity index (χ2v) is 9.03. The number of nitrogens with zero attached hydrogens (tertiary/aromatic N) is 2. The van der Waals surface area contributed by atoms with Crippen LogP contribution in [0.25, 0.3) is 27.7 Å². The lowest BCUT2D eigenvalue weighted by Gasteiger charge is -2.18. The topological polar surface area (TPSA) is 50.4 Å². The highest BCUT2D eigenvalue weighted by molar-refractivity contribution is 5.86. The fraction of sp³-hybridized carbons (Fsp3) is 0.200. The zero-order valence-electron chi connectivity index (χ0n) is 19.7. The largest absolute Gasteiger partial charge is 0.383 e. The van der Waals surface area contributed by atoms with Crippen LogP contribution < -0.4 is 5.32 Å². The molecule has 0 radical (unpaired) electrons. The Kier molecular flexibility index (Phi) is 6.39. The van der Waals surface area contributed by atoms with E-state index in [4.69, 9.17) is 9.52 Å². The summed E-state index contributed by atoms with van der Waals surface area (Å²) in [6, 6.07) is 27.2. The van der Waals surface area contributed by atoms with Gasteiger partial charge in [0.2, 0.25) is 0 Å². The number of rotatable bonds is 7. The van der Waals surface area contributed by atoms with Gasteiger partial charge >= 0.3 is 0 Å². The van der Waals surface area contributed by atoms with E-state index in [1.165, 1.54) is 21.9 Å². The van der Waals surface area contributed by atoms with E-state index in [1.807, 2.05) is 42.6 Å². The molecule has 0 amide bonds. The third-order valence-corrected chi connectivity index (χ3v) is 6.01. The average Bonchev–Trinajstić information content (AvgIpc) is 3.27. The van der Waals surface area contributed by atoms with Crippen molar-refractivity contribution in [3.05, 3.63) is 108 Å². The van der Waals surface area contributed by atoms with Gasteiger partial charge in [-0.25, -0.2) is 0 Å². The number of fused-ring (bicyclic) bond motifs is 1. The van der Waals surface area contributed by atoms with Crippen molar-refractivity contribution in [2.75, 3.05) is 6.54 Å². The SMILES string of the molecule is CC(C)CNC1=C(c2cc(-c3ccccc3)no2)N=CCC=C1Cc1cccc2ccccc12. The molecule has 0 unspecified atom stereocenters. The molecular weight excluding hydrogens is 418 g/mol. The van der Waals surface area contributed by atoms with Gasteiger partial charge in [-0.3, -0.25) is 4.99 Å². The van der Waals surface area contributed by atoms with E-state index in [0.29, 0.717) is 11.7 Å². The van der Waals surface area contributed by atoms with E-state index in [0.717, 1.165) is 42.0 Å². The van der Waals surface area contributed by atoms with E-state index < -0.39 is 0 Å². The molecule has 5 rings (SSSR count). The molecule has 4 nitrogen and oxygen atoms in total. The molecule has 34 heavy (non-hydrogen) atoms. The average molecular weight is 448 g/mol. The predicted molar refractivity (Wildman–Crippen MR) is 141 cm³/mol. The number of aliphatic imine (C=N–C) groups is 1. The summed E-state index contributed by atoms with van der Waals surface area (Å²) in [5.74, 6) is 1.17. The van der Waals surface area contributed by atoms with Crippen LogP contribution in [0.15, 0.2) is 106 Å². The smallest absolute Gasteiger partial charge is 0.187 e. The molecule has 0 aliphatic carbocycles. The third kappa shape index (κ3) is 4.72. The summed E-state index contributed by atoms with van der Waals surface area (Å²) >= 11 is 0. The monoisotopic (exact) mass is 447 g/mol. The Balaban J connectivity index is 1.56. The molecule has 4 heteroatoms. The lowest BCUT2D eigenvalue weighted by molar-refractivity contribution is 0.411. The normalized spacial score (nSPS) is 13.9. The zero-order chi connectivity index (χ0) is 23.3. The van der Waals surface area contributed by atoms with Gasteiger partial charge in [-0.05, 0) is 34.2 Å². The van der Waals surface area contributed by atoms with Crippen molar-refractivity contribution >= 4 is 22.7 Å². The summed E-state index contributed by atoms with van der Waals surface area (Å²) in [5.41, 5.74) is 6.19. The van der Waals surface area contributed by atoms with E-state index >= 15 is 0 Å². The lowest BCUT2D eigenvalue weighted by Crippen LogP contribution is -2.22. The van der Waals surface area contributed by atoms with Crippen molar-refractivity contribution in [3.8, 4) is 11.3 Å². The second kappa shape index (κ2) is 9.92. The van der Waals surface area contributed by atoms with Crippen LogP contribution in [0.2, 0.25) is 0 Å². The minimum absolute atomic E-state index is 0.495. The molecular formula is C30H29N3O.